The number of hydrogen-bond acceptors (Lipinski definition) is 2. The number of halogens is 1. The number of alkyl halides is 1. The van der Waals surface area contributed by atoms with Gasteiger partial charge < -0.3 is 9.84 Å². The molecule has 0 aliphatic carbocycles. The molecule has 0 saturated heterocycles. The van der Waals surface area contributed by atoms with Gasteiger partial charge in [-0.1, -0.05) is 22.0 Å². The first-order valence-electron chi connectivity index (χ1n) is 3.32. The lowest BCUT2D eigenvalue weighted by Crippen LogP contribution is -2.02. The summed E-state index contributed by atoms with van der Waals surface area (Å²) in [4.78, 5) is 10.00. The van der Waals surface area contributed by atoms with Crippen LogP contribution < -0.4 is 0 Å². The number of carbonyl (C=O) groups is 1. The molecule has 0 amide bonds. The minimum Gasteiger partial charge on any atom is -0.478 e. The fraction of sp³-hybridized carbons (Fsp3) is 0.571. The van der Waals surface area contributed by atoms with Crippen molar-refractivity contribution in [1.29, 1.82) is 0 Å². The Morgan fingerprint density at radius 2 is 2.45 bits per heavy atom. The smallest absolute Gasteiger partial charge is 0.327 e. The Bertz CT molecular complexity index is 145. The maximum absolute atomic E-state index is 10.00. The number of ether oxygens (including phenoxy) is 1. The molecule has 1 N–H and O–H groups in total. The Labute approximate surface area is 74.2 Å². The SMILES string of the molecule is CCOC(Br)CC=CC(=O)O. The van der Waals surface area contributed by atoms with Crippen molar-refractivity contribution in [3.05, 3.63) is 12.2 Å². The topological polar surface area (TPSA) is 46.5 Å². The summed E-state index contributed by atoms with van der Waals surface area (Å²) in [5.41, 5.74) is 0. The van der Waals surface area contributed by atoms with Gasteiger partial charge in [-0.05, 0) is 6.92 Å². The lowest BCUT2D eigenvalue weighted by molar-refractivity contribution is -0.131. The van der Waals surface area contributed by atoms with Crippen LogP contribution in [0.5, 0.6) is 0 Å². The molecule has 1 unspecified atom stereocenters. The van der Waals surface area contributed by atoms with E-state index >= 15 is 0 Å². The first-order valence-corrected chi connectivity index (χ1v) is 4.23. The summed E-state index contributed by atoms with van der Waals surface area (Å²) in [6, 6.07) is 0. The third-order valence-electron chi connectivity index (χ3n) is 0.929. The summed E-state index contributed by atoms with van der Waals surface area (Å²) in [6.07, 6.45) is 3.23. The van der Waals surface area contributed by atoms with Crippen molar-refractivity contribution in [3.8, 4) is 0 Å². The highest BCUT2D eigenvalue weighted by atomic mass is 79.9. The molecule has 4 heteroatoms. The van der Waals surface area contributed by atoms with E-state index in [2.05, 4.69) is 15.9 Å². The zero-order chi connectivity index (χ0) is 8.69. The van der Waals surface area contributed by atoms with Gasteiger partial charge in [-0.3, -0.25) is 0 Å². The van der Waals surface area contributed by atoms with Crippen molar-refractivity contribution in [3.63, 3.8) is 0 Å². The molecular weight excluding hydrogens is 212 g/mol. The van der Waals surface area contributed by atoms with Crippen molar-refractivity contribution in [2.24, 2.45) is 0 Å². The van der Waals surface area contributed by atoms with Crippen molar-refractivity contribution >= 4 is 21.9 Å². The third-order valence-corrected chi connectivity index (χ3v) is 1.57. The first kappa shape index (κ1) is 10.7. The summed E-state index contributed by atoms with van der Waals surface area (Å²) >= 11 is 3.22. The van der Waals surface area contributed by atoms with E-state index in [4.69, 9.17) is 9.84 Å². The molecule has 0 aromatic rings. The molecule has 0 rings (SSSR count). The highest BCUT2D eigenvalue weighted by Gasteiger charge is 1.98. The van der Waals surface area contributed by atoms with Crippen molar-refractivity contribution in [2.45, 2.75) is 18.4 Å². The van der Waals surface area contributed by atoms with Crippen molar-refractivity contribution in [1.82, 2.24) is 0 Å². The van der Waals surface area contributed by atoms with Crippen molar-refractivity contribution < 1.29 is 14.6 Å². The Morgan fingerprint density at radius 1 is 1.82 bits per heavy atom. The molecule has 0 heterocycles. The lowest BCUT2D eigenvalue weighted by atomic mass is 10.4. The zero-order valence-corrected chi connectivity index (χ0v) is 7.87. The Balaban J connectivity index is 3.44. The van der Waals surface area contributed by atoms with Crippen LogP contribution in [0, 0.1) is 0 Å². The van der Waals surface area contributed by atoms with Crippen LogP contribution in [0.15, 0.2) is 12.2 Å². The zero-order valence-electron chi connectivity index (χ0n) is 6.29. The molecule has 0 radical (unpaired) electrons. The van der Waals surface area contributed by atoms with E-state index in [1.54, 1.807) is 6.08 Å². The van der Waals surface area contributed by atoms with Gasteiger partial charge in [0.1, 0.15) is 5.01 Å². The van der Waals surface area contributed by atoms with Gasteiger partial charge in [0.05, 0.1) is 0 Å². The standard InChI is InChI=1S/C7H11BrO3/c1-2-11-6(8)4-3-5-7(9)10/h3,5-6H,2,4H2,1H3,(H,9,10). The largest absolute Gasteiger partial charge is 0.478 e. The van der Waals surface area contributed by atoms with Crippen LogP contribution in [-0.4, -0.2) is 22.7 Å². The Morgan fingerprint density at radius 3 is 2.91 bits per heavy atom. The molecule has 3 nitrogen and oxygen atoms in total. The van der Waals surface area contributed by atoms with Gasteiger partial charge in [0.15, 0.2) is 0 Å². The molecule has 0 aliphatic heterocycles. The summed E-state index contributed by atoms with van der Waals surface area (Å²) in [5.74, 6) is -0.929. The predicted octanol–water partition coefficient (Wildman–Crippen LogP) is 1.77. The highest BCUT2D eigenvalue weighted by molar-refractivity contribution is 9.09. The second kappa shape index (κ2) is 6.37. The number of aliphatic carboxylic acids is 1. The van der Waals surface area contributed by atoms with Gasteiger partial charge in [0, 0.05) is 19.1 Å². The molecule has 0 aromatic heterocycles. The van der Waals surface area contributed by atoms with Crippen LogP contribution in [0.1, 0.15) is 13.3 Å². The third kappa shape index (κ3) is 7.55. The van der Waals surface area contributed by atoms with Crippen LogP contribution in [0.4, 0.5) is 0 Å². The number of carboxylic acid groups (broad SMARTS) is 1. The van der Waals surface area contributed by atoms with Gasteiger partial charge in [-0.25, -0.2) is 4.79 Å². The van der Waals surface area contributed by atoms with E-state index in [-0.39, 0.29) is 5.01 Å². The van der Waals surface area contributed by atoms with Crippen molar-refractivity contribution in [2.75, 3.05) is 6.61 Å². The Hall–Kier alpha value is -0.350. The normalized spacial score (nSPS) is 13.6. The molecular formula is C7H11BrO3. The second-order valence-electron chi connectivity index (χ2n) is 1.84. The van der Waals surface area contributed by atoms with Crippen LogP contribution in [0.3, 0.4) is 0 Å². The fourth-order valence-electron chi connectivity index (χ4n) is 0.525. The van der Waals surface area contributed by atoms with E-state index in [9.17, 15) is 4.79 Å². The van der Waals surface area contributed by atoms with E-state index in [0.717, 1.165) is 6.08 Å². The van der Waals surface area contributed by atoms with Crippen LogP contribution in [0.2, 0.25) is 0 Å². The number of hydrogen-bond donors (Lipinski definition) is 1. The van der Waals surface area contributed by atoms with Gasteiger partial charge in [0.25, 0.3) is 0 Å². The molecule has 11 heavy (non-hydrogen) atoms. The quantitative estimate of drug-likeness (QED) is 0.570. The summed E-state index contributed by atoms with van der Waals surface area (Å²) in [5, 5.41) is 8.13. The lowest BCUT2D eigenvalue weighted by Gasteiger charge is -2.04. The Kier molecular flexibility index (Phi) is 6.16. The molecule has 0 fully saturated rings. The maximum atomic E-state index is 10.00. The molecule has 0 saturated carbocycles. The second-order valence-corrected chi connectivity index (χ2v) is 2.86. The van der Waals surface area contributed by atoms with Gasteiger partial charge >= 0.3 is 5.97 Å². The summed E-state index contributed by atoms with van der Waals surface area (Å²) in [7, 11) is 0. The average molecular weight is 223 g/mol. The van der Waals surface area contributed by atoms with Gasteiger partial charge in [-0.2, -0.15) is 0 Å². The molecule has 64 valence electrons. The highest BCUT2D eigenvalue weighted by Crippen LogP contribution is 2.06. The molecule has 0 spiro atoms. The first-order chi connectivity index (χ1) is 5.16. The van der Waals surface area contributed by atoms with Crippen LogP contribution >= 0.6 is 15.9 Å². The number of rotatable bonds is 5. The molecule has 0 aliphatic rings. The number of carboxylic acids is 1. The minimum absolute atomic E-state index is 0.0805. The van der Waals surface area contributed by atoms with Gasteiger partial charge in [0.2, 0.25) is 0 Å². The monoisotopic (exact) mass is 222 g/mol. The molecule has 1 atom stereocenters. The van der Waals surface area contributed by atoms with E-state index in [1.807, 2.05) is 6.92 Å². The summed E-state index contributed by atoms with van der Waals surface area (Å²) in [6.45, 7) is 2.51. The van der Waals surface area contributed by atoms with Crippen LogP contribution in [-0.2, 0) is 9.53 Å². The molecule has 0 bridgehead atoms. The van der Waals surface area contributed by atoms with Gasteiger partial charge in [-0.15, -0.1) is 0 Å². The summed E-state index contributed by atoms with van der Waals surface area (Å²) < 4.78 is 5.10. The maximum Gasteiger partial charge on any atom is 0.327 e. The minimum atomic E-state index is -0.929. The fourth-order valence-corrected chi connectivity index (χ4v) is 1.00. The van der Waals surface area contributed by atoms with E-state index < -0.39 is 5.97 Å². The predicted molar refractivity (Wildman–Crippen MR) is 45.7 cm³/mol. The average Bonchev–Trinajstić information content (AvgIpc) is 1.87. The van der Waals surface area contributed by atoms with E-state index in [1.165, 1.54) is 0 Å². The molecule has 0 aromatic carbocycles. The van der Waals surface area contributed by atoms with Crippen LogP contribution in [0.25, 0.3) is 0 Å². The van der Waals surface area contributed by atoms with E-state index in [0.29, 0.717) is 13.0 Å².